The van der Waals surface area contributed by atoms with Crippen LogP contribution in [-0.4, -0.2) is 92.1 Å². The molecule has 1 aromatic carbocycles. The van der Waals surface area contributed by atoms with Crippen molar-refractivity contribution in [3.8, 4) is 17.3 Å². The molecule has 4 atom stereocenters. The van der Waals surface area contributed by atoms with Crippen LogP contribution in [0.2, 0.25) is 5.02 Å². The summed E-state index contributed by atoms with van der Waals surface area (Å²) in [6.07, 6.45) is -4.76. The van der Waals surface area contributed by atoms with Gasteiger partial charge in [-0.15, -0.1) is 10.2 Å². The molecule has 5 aromatic rings. The molecular formula is C25H22ClF2N11O4. The van der Waals surface area contributed by atoms with Crippen molar-refractivity contribution in [3.05, 3.63) is 65.7 Å². The summed E-state index contributed by atoms with van der Waals surface area (Å²) < 4.78 is 33.6. The van der Waals surface area contributed by atoms with Gasteiger partial charge in [-0.2, -0.15) is 9.78 Å². The summed E-state index contributed by atoms with van der Waals surface area (Å²) in [4.78, 5) is 26.0. The number of imidazole rings is 1. The number of carbonyl (C=O) groups is 1. The molecule has 4 aromatic heterocycles. The Kier molecular flexibility index (Phi) is 7.85. The zero-order valence-corrected chi connectivity index (χ0v) is 22.6. The number of anilines is 1. The highest BCUT2D eigenvalue weighted by Gasteiger charge is 2.48. The van der Waals surface area contributed by atoms with E-state index >= 15 is 0 Å². The van der Waals surface area contributed by atoms with Crippen LogP contribution < -0.4 is 10.6 Å². The molecular weight excluding hydrogens is 592 g/mol. The first-order valence-electron chi connectivity index (χ1n) is 12.8. The minimum atomic E-state index is -2.80. The van der Waals surface area contributed by atoms with E-state index in [9.17, 15) is 23.8 Å². The zero-order chi connectivity index (χ0) is 30.1. The van der Waals surface area contributed by atoms with Crippen molar-refractivity contribution in [1.29, 1.82) is 0 Å². The van der Waals surface area contributed by atoms with Gasteiger partial charge >= 0.3 is 0 Å². The lowest BCUT2D eigenvalue weighted by Crippen LogP contribution is -2.44. The lowest BCUT2D eigenvalue weighted by Gasteiger charge is -2.17. The number of fused-ring (bicyclic) bond motifs is 1. The van der Waals surface area contributed by atoms with Crippen molar-refractivity contribution in [3.63, 3.8) is 0 Å². The van der Waals surface area contributed by atoms with Crippen LogP contribution in [0.4, 0.5) is 14.6 Å². The Morgan fingerprint density at radius 1 is 1.14 bits per heavy atom. The van der Waals surface area contributed by atoms with E-state index in [1.165, 1.54) is 21.8 Å². The molecule has 4 unspecified atom stereocenters. The number of aromatic nitrogens is 9. The van der Waals surface area contributed by atoms with Crippen LogP contribution >= 0.6 is 11.6 Å². The maximum atomic E-state index is 12.6. The van der Waals surface area contributed by atoms with Gasteiger partial charge in [-0.05, 0) is 29.8 Å². The molecule has 0 radical (unpaired) electrons. The van der Waals surface area contributed by atoms with Crippen molar-refractivity contribution in [1.82, 2.24) is 50.0 Å². The largest absolute Gasteiger partial charge is 0.387 e. The minimum absolute atomic E-state index is 0.109. The SMILES string of the molecule is O=C(NCC(F)F)C1OC(n2cnc3c(NCc4cccc(Cl)c4)nc(-c4cn(-c5cccnn5)nn4)nc32)C(O)C1O. The van der Waals surface area contributed by atoms with Crippen molar-refractivity contribution in [2.24, 2.45) is 0 Å². The molecule has 15 nitrogen and oxygen atoms in total. The maximum absolute atomic E-state index is 12.6. The van der Waals surface area contributed by atoms with Crippen LogP contribution in [0.15, 0.2) is 55.1 Å². The average molecular weight is 614 g/mol. The Bertz CT molecular complexity index is 1760. The zero-order valence-electron chi connectivity index (χ0n) is 21.9. The van der Waals surface area contributed by atoms with Gasteiger partial charge in [0.25, 0.3) is 12.3 Å². The van der Waals surface area contributed by atoms with Crippen LogP contribution in [0.25, 0.3) is 28.5 Å². The number of rotatable bonds is 9. The quantitative estimate of drug-likeness (QED) is 0.186. The molecule has 1 aliphatic rings. The van der Waals surface area contributed by atoms with E-state index in [2.05, 4.69) is 40.8 Å². The van der Waals surface area contributed by atoms with Gasteiger partial charge < -0.3 is 25.6 Å². The fourth-order valence-electron chi connectivity index (χ4n) is 4.45. The third-order valence-electron chi connectivity index (χ3n) is 6.49. The van der Waals surface area contributed by atoms with E-state index in [1.807, 2.05) is 11.4 Å². The fourth-order valence-corrected chi connectivity index (χ4v) is 4.66. The first-order valence-corrected chi connectivity index (χ1v) is 13.2. The number of aliphatic hydroxyl groups excluding tert-OH is 2. The normalized spacial score (nSPS) is 20.1. The minimum Gasteiger partial charge on any atom is -0.387 e. The maximum Gasteiger partial charge on any atom is 0.255 e. The molecule has 222 valence electrons. The molecule has 1 amide bonds. The van der Waals surface area contributed by atoms with Crippen molar-refractivity contribution >= 4 is 34.5 Å². The van der Waals surface area contributed by atoms with Gasteiger partial charge in [0, 0.05) is 17.8 Å². The highest BCUT2D eigenvalue weighted by molar-refractivity contribution is 6.30. The van der Waals surface area contributed by atoms with Crippen molar-refractivity contribution in [2.45, 2.75) is 37.5 Å². The number of amides is 1. The van der Waals surface area contributed by atoms with Crippen LogP contribution in [0.1, 0.15) is 11.8 Å². The van der Waals surface area contributed by atoms with Gasteiger partial charge in [0.1, 0.15) is 12.2 Å². The number of halogens is 3. The van der Waals surface area contributed by atoms with Crippen molar-refractivity contribution < 1.29 is 28.5 Å². The molecule has 5 heterocycles. The second-order valence-electron chi connectivity index (χ2n) is 9.40. The Morgan fingerprint density at radius 2 is 2.00 bits per heavy atom. The highest BCUT2D eigenvalue weighted by atomic mass is 35.5. The number of carbonyl (C=O) groups excluding carboxylic acids is 1. The number of hydrogen-bond donors (Lipinski definition) is 4. The Labute approximate surface area is 245 Å². The molecule has 6 rings (SSSR count). The number of benzene rings is 1. The van der Waals surface area contributed by atoms with Gasteiger partial charge in [-0.25, -0.2) is 23.7 Å². The Balaban J connectivity index is 1.37. The number of ether oxygens (including phenoxy) is 1. The summed E-state index contributed by atoms with van der Waals surface area (Å²) >= 11 is 6.13. The van der Waals surface area contributed by atoms with Gasteiger partial charge in [0.15, 0.2) is 46.6 Å². The third kappa shape index (κ3) is 5.82. The van der Waals surface area contributed by atoms with Crippen LogP contribution in [0, 0.1) is 0 Å². The number of alkyl halides is 2. The predicted molar refractivity (Wildman–Crippen MR) is 145 cm³/mol. The van der Waals surface area contributed by atoms with E-state index in [1.54, 1.807) is 36.5 Å². The number of nitrogens with zero attached hydrogens (tertiary/aromatic N) is 9. The summed E-state index contributed by atoms with van der Waals surface area (Å²) in [7, 11) is 0. The summed E-state index contributed by atoms with van der Waals surface area (Å²) in [6, 6.07) is 10.6. The molecule has 0 bridgehead atoms. The monoisotopic (exact) mass is 613 g/mol. The summed E-state index contributed by atoms with van der Waals surface area (Å²) in [6.45, 7) is -0.632. The lowest BCUT2D eigenvalue weighted by atomic mass is 10.1. The second kappa shape index (κ2) is 11.9. The smallest absolute Gasteiger partial charge is 0.255 e. The van der Waals surface area contributed by atoms with Crippen molar-refractivity contribution in [2.75, 3.05) is 11.9 Å². The molecule has 0 saturated carbocycles. The topological polar surface area (TPSA) is 191 Å². The second-order valence-corrected chi connectivity index (χ2v) is 9.83. The molecule has 1 saturated heterocycles. The standard InChI is InChI=1S/C25H22ClF2N11O4/c26-13-4-1-3-12(7-13)8-29-22-17-23(34-21(33-22)14-10-39(37-35-14)16-5-2-6-32-36-16)38(11-31-17)25-19(41)18(40)20(43-25)24(42)30-9-15(27)28/h1-7,10-11,15,18-20,25,40-41H,8-9H2,(H,30,42)(H,29,33,34). The van der Waals surface area contributed by atoms with Crippen LogP contribution in [0.3, 0.4) is 0 Å². The molecule has 1 aliphatic heterocycles. The molecule has 0 aliphatic carbocycles. The predicted octanol–water partition coefficient (Wildman–Crippen LogP) is 1.13. The van der Waals surface area contributed by atoms with Crippen LogP contribution in [0.5, 0.6) is 0 Å². The first kappa shape index (κ1) is 28.4. The Hall–Kier alpha value is -4.71. The third-order valence-corrected chi connectivity index (χ3v) is 6.72. The number of nitrogens with one attached hydrogen (secondary N) is 2. The summed E-state index contributed by atoms with van der Waals surface area (Å²) in [5.74, 6) is -0.206. The lowest BCUT2D eigenvalue weighted by molar-refractivity contribution is -0.138. The molecule has 1 fully saturated rings. The van der Waals surface area contributed by atoms with Crippen LogP contribution in [-0.2, 0) is 16.1 Å². The first-order chi connectivity index (χ1) is 20.8. The van der Waals surface area contributed by atoms with E-state index in [0.29, 0.717) is 17.4 Å². The average Bonchev–Trinajstić information content (AvgIpc) is 3.73. The number of hydrogen-bond acceptors (Lipinski definition) is 12. The van der Waals surface area contributed by atoms with E-state index in [0.717, 1.165) is 5.56 Å². The van der Waals surface area contributed by atoms with Gasteiger partial charge in [0.05, 0.1) is 19.1 Å². The number of aliphatic hydroxyl groups is 2. The van der Waals surface area contributed by atoms with E-state index < -0.39 is 43.4 Å². The fraction of sp³-hybridized carbons (Fsp3) is 0.280. The van der Waals surface area contributed by atoms with E-state index in [-0.39, 0.29) is 28.5 Å². The summed E-state index contributed by atoms with van der Waals surface area (Å²) in [5, 5.41) is 43.1. The summed E-state index contributed by atoms with van der Waals surface area (Å²) in [5.41, 5.74) is 1.52. The molecule has 0 spiro atoms. The van der Waals surface area contributed by atoms with Gasteiger partial charge in [-0.3, -0.25) is 9.36 Å². The molecule has 18 heteroatoms. The molecule has 4 N–H and O–H groups in total. The van der Waals surface area contributed by atoms with Gasteiger partial charge in [0.2, 0.25) is 0 Å². The van der Waals surface area contributed by atoms with E-state index in [4.69, 9.17) is 16.3 Å². The highest BCUT2D eigenvalue weighted by Crippen LogP contribution is 2.33. The van der Waals surface area contributed by atoms with Gasteiger partial charge in [-0.1, -0.05) is 28.9 Å². The molecule has 43 heavy (non-hydrogen) atoms. The Morgan fingerprint density at radius 3 is 2.77 bits per heavy atom.